The summed E-state index contributed by atoms with van der Waals surface area (Å²) in [5, 5.41) is 7.53. The highest BCUT2D eigenvalue weighted by Crippen LogP contribution is 2.25. The molecule has 1 unspecified atom stereocenters. The fourth-order valence-corrected chi connectivity index (χ4v) is 2.30. The first-order valence-electron chi connectivity index (χ1n) is 6.71. The third-order valence-corrected chi connectivity index (χ3v) is 3.20. The summed E-state index contributed by atoms with van der Waals surface area (Å²) in [7, 11) is 1.81. The molecule has 1 N–H and O–H groups in total. The van der Waals surface area contributed by atoms with Crippen LogP contribution in [0.4, 0.5) is 8.78 Å². The molecule has 108 valence electrons. The van der Waals surface area contributed by atoms with Gasteiger partial charge in [-0.2, -0.15) is 5.10 Å². The van der Waals surface area contributed by atoms with Crippen LogP contribution < -0.4 is 5.32 Å². The maximum absolute atomic E-state index is 14.0. The van der Waals surface area contributed by atoms with Crippen LogP contribution in [0.5, 0.6) is 0 Å². The third kappa shape index (κ3) is 3.04. The number of rotatable bonds is 5. The van der Waals surface area contributed by atoms with Crippen molar-refractivity contribution in [3.05, 3.63) is 52.9 Å². The van der Waals surface area contributed by atoms with Gasteiger partial charge in [0.05, 0.1) is 17.4 Å². The molecule has 1 aromatic carbocycles. The SMILES string of the molecule is CCCNC(c1cc(F)ccc1F)c1cc(C)nn1C. The van der Waals surface area contributed by atoms with Gasteiger partial charge in [0.15, 0.2) is 0 Å². The van der Waals surface area contributed by atoms with E-state index in [2.05, 4.69) is 10.4 Å². The maximum Gasteiger partial charge on any atom is 0.128 e. The predicted octanol–water partition coefficient (Wildman–Crippen LogP) is 3.10. The first kappa shape index (κ1) is 14.7. The molecule has 1 aromatic heterocycles. The lowest BCUT2D eigenvalue weighted by Gasteiger charge is -2.20. The molecule has 0 radical (unpaired) electrons. The molecule has 0 aliphatic heterocycles. The van der Waals surface area contributed by atoms with Gasteiger partial charge in [0, 0.05) is 12.6 Å². The van der Waals surface area contributed by atoms with Gasteiger partial charge in [-0.1, -0.05) is 6.92 Å². The van der Waals surface area contributed by atoms with Crippen LogP contribution in [0.1, 0.15) is 36.3 Å². The molecule has 0 bridgehead atoms. The van der Waals surface area contributed by atoms with Crippen molar-refractivity contribution in [3.8, 4) is 0 Å². The molecule has 0 saturated carbocycles. The molecule has 2 rings (SSSR count). The Bertz CT molecular complexity index is 593. The van der Waals surface area contributed by atoms with Crippen molar-refractivity contribution < 1.29 is 8.78 Å². The zero-order chi connectivity index (χ0) is 14.7. The summed E-state index contributed by atoms with van der Waals surface area (Å²) in [5.41, 5.74) is 1.98. The van der Waals surface area contributed by atoms with Crippen molar-refractivity contribution in [2.75, 3.05) is 6.54 Å². The second-order valence-electron chi connectivity index (χ2n) is 4.89. The number of aromatic nitrogens is 2. The first-order chi connectivity index (χ1) is 9.52. The van der Waals surface area contributed by atoms with Gasteiger partial charge in [-0.3, -0.25) is 4.68 Å². The summed E-state index contributed by atoms with van der Waals surface area (Å²) in [6, 6.07) is 5.01. The Morgan fingerprint density at radius 2 is 2.05 bits per heavy atom. The molecule has 0 fully saturated rings. The standard InChI is InChI=1S/C15H19F2N3/c1-4-7-18-15(14-8-10(2)19-20(14)3)12-9-11(16)5-6-13(12)17/h5-6,8-9,15,18H,4,7H2,1-3H3. The van der Waals surface area contributed by atoms with Crippen molar-refractivity contribution >= 4 is 0 Å². The van der Waals surface area contributed by atoms with Crippen LogP contribution in [0, 0.1) is 18.6 Å². The molecular formula is C15H19F2N3. The number of aryl methyl sites for hydroxylation is 2. The minimum atomic E-state index is -0.441. The van der Waals surface area contributed by atoms with E-state index in [4.69, 9.17) is 0 Å². The minimum absolute atomic E-state index is 0.307. The Morgan fingerprint density at radius 1 is 1.30 bits per heavy atom. The fraction of sp³-hybridized carbons (Fsp3) is 0.400. The van der Waals surface area contributed by atoms with Gasteiger partial charge in [-0.15, -0.1) is 0 Å². The molecule has 1 atom stereocenters. The monoisotopic (exact) mass is 279 g/mol. The molecule has 0 amide bonds. The molecule has 0 spiro atoms. The normalized spacial score (nSPS) is 12.7. The van der Waals surface area contributed by atoms with Gasteiger partial charge in [0.2, 0.25) is 0 Å². The van der Waals surface area contributed by atoms with E-state index in [1.165, 1.54) is 6.07 Å². The van der Waals surface area contributed by atoms with Crippen LogP contribution in [0.15, 0.2) is 24.3 Å². The van der Waals surface area contributed by atoms with Gasteiger partial charge in [-0.25, -0.2) is 8.78 Å². The van der Waals surface area contributed by atoms with E-state index in [0.29, 0.717) is 12.1 Å². The van der Waals surface area contributed by atoms with Crippen LogP contribution in [-0.4, -0.2) is 16.3 Å². The van der Waals surface area contributed by atoms with E-state index in [1.807, 2.05) is 19.9 Å². The number of benzene rings is 1. The average Bonchev–Trinajstić information content (AvgIpc) is 2.73. The van der Waals surface area contributed by atoms with Crippen molar-refractivity contribution in [1.82, 2.24) is 15.1 Å². The molecule has 20 heavy (non-hydrogen) atoms. The van der Waals surface area contributed by atoms with Crippen LogP contribution >= 0.6 is 0 Å². The molecule has 1 heterocycles. The predicted molar refractivity (Wildman–Crippen MR) is 74.4 cm³/mol. The van der Waals surface area contributed by atoms with Gasteiger partial charge in [-0.05, 0) is 44.2 Å². The second kappa shape index (κ2) is 6.13. The molecule has 5 heteroatoms. The van der Waals surface area contributed by atoms with E-state index in [-0.39, 0.29) is 0 Å². The summed E-state index contributed by atoms with van der Waals surface area (Å²) in [5.74, 6) is -0.859. The highest BCUT2D eigenvalue weighted by Gasteiger charge is 2.21. The lowest BCUT2D eigenvalue weighted by atomic mass is 10.0. The van der Waals surface area contributed by atoms with Crippen LogP contribution in [0.25, 0.3) is 0 Å². The van der Waals surface area contributed by atoms with Gasteiger partial charge >= 0.3 is 0 Å². The fourth-order valence-electron chi connectivity index (χ4n) is 2.30. The first-order valence-corrected chi connectivity index (χ1v) is 6.71. The second-order valence-corrected chi connectivity index (χ2v) is 4.89. The van der Waals surface area contributed by atoms with Crippen LogP contribution in [-0.2, 0) is 7.05 Å². The zero-order valence-electron chi connectivity index (χ0n) is 12.0. The average molecular weight is 279 g/mol. The highest BCUT2D eigenvalue weighted by molar-refractivity contribution is 5.30. The number of hydrogen-bond acceptors (Lipinski definition) is 2. The number of hydrogen-bond donors (Lipinski definition) is 1. The van der Waals surface area contributed by atoms with Gasteiger partial charge in [0.1, 0.15) is 11.6 Å². The van der Waals surface area contributed by atoms with Gasteiger partial charge in [0.25, 0.3) is 0 Å². The summed E-state index contributed by atoms with van der Waals surface area (Å²) in [4.78, 5) is 0. The number of nitrogens with one attached hydrogen (secondary N) is 1. The summed E-state index contributed by atoms with van der Waals surface area (Å²) in [6.45, 7) is 4.62. The van der Waals surface area contributed by atoms with Crippen molar-refractivity contribution in [3.63, 3.8) is 0 Å². The van der Waals surface area contributed by atoms with E-state index in [1.54, 1.807) is 11.7 Å². The third-order valence-electron chi connectivity index (χ3n) is 3.20. The lowest BCUT2D eigenvalue weighted by Crippen LogP contribution is -2.26. The summed E-state index contributed by atoms with van der Waals surface area (Å²) in [6.07, 6.45) is 0.907. The van der Waals surface area contributed by atoms with E-state index in [9.17, 15) is 8.78 Å². The van der Waals surface area contributed by atoms with E-state index >= 15 is 0 Å². The van der Waals surface area contributed by atoms with Crippen molar-refractivity contribution in [2.45, 2.75) is 26.3 Å². The molecule has 2 aromatic rings. The molecule has 0 aliphatic carbocycles. The Morgan fingerprint density at radius 3 is 2.65 bits per heavy atom. The Hall–Kier alpha value is -1.75. The zero-order valence-corrected chi connectivity index (χ0v) is 12.0. The Kier molecular flexibility index (Phi) is 4.49. The number of halogens is 2. The minimum Gasteiger partial charge on any atom is -0.305 e. The van der Waals surface area contributed by atoms with Gasteiger partial charge < -0.3 is 5.32 Å². The Labute approximate surface area is 117 Å². The van der Waals surface area contributed by atoms with E-state index < -0.39 is 17.7 Å². The van der Waals surface area contributed by atoms with Crippen LogP contribution in [0.3, 0.4) is 0 Å². The number of nitrogens with zero attached hydrogens (tertiary/aromatic N) is 2. The maximum atomic E-state index is 14.0. The summed E-state index contributed by atoms with van der Waals surface area (Å²) < 4.78 is 29.2. The molecule has 3 nitrogen and oxygen atoms in total. The quantitative estimate of drug-likeness (QED) is 0.911. The van der Waals surface area contributed by atoms with Crippen LogP contribution in [0.2, 0.25) is 0 Å². The smallest absolute Gasteiger partial charge is 0.128 e. The largest absolute Gasteiger partial charge is 0.305 e. The van der Waals surface area contributed by atoms with E-state index in [0.717, 1.165) is 29.9 Å². The molecule has 0 saturated heterocycles. The Balaban J connectivity index is 2.46. The molecule has 0 aliphatic rings. The summed E-state index contributed by atoms with van der Waals surface area (Å²) >= 11 is 0. The molecular weight excluding hydrogens is 260 g/mol. The van der Waals surface area contributed by atoms with Crippen molar-refractivity contribution in [2.24, 2.45) is 7.05 Å². The van der Waals surface area contributed by atoms with Crippen molar-refractivity contribution in [1.29, 1.82) is 0 Å². The highest BCUT2D eigenvalue weighted by atomic mass is 19.1. The lowest BCUT2D eigenvalue weighted by molar-refractivity contribution is 0.512. The topological polar surface area (TPSA) is 29.9 Å².